The quantitative estimate of drug-likeness (QED) is 0.334. The van der Waals surface area contributed by atoms with Crippen molar-refractivity contribution in [3.63, 3.8) is 0 Å². The molecule has 0 aromatic rings. The van der Waals surface area contributed by atoms with Gasteiger partial charge in [-0.3, -0.25) is 0 Å². The Bertz CT molecular complexity index is 677. The maximum absolute atomic E-state index is 12.0. The maximum Gasteiger partial charge on any atom is 0.0325 e. The largest absolute Gasteiger partial charge is 0.810 e. The van der Waals surface area contributed by atoms with Crippen molar-refractivity contribution in [2.45, 2.75) is 85.0 Å². The van der Waals surface area contributed by atoms with E-state index in [9.17, 15) is 28.7 Å². The van der Waals surface area contributed by atoms with Crippen molar-refractivity contribution >= 4 is 15.2 Å². The predicted octanol–water partition coefficient (Wildman–Crippen LogP) is 3.68. The first-order valence-corrected chi connectivity index (χ1v) is 12.8. The topological polar surface area (TPSA) is 126 Å². The molecule has 0 saturated heterocycles. The average Bonchev–Trinajstić information content (AvgIpc) is 2.51. The standard InChI is InChI=1S/C21H38O6P2/c1-17(2)9-7-11-19(5)13-15-21(28(22,23)24,29(25,26)27)16-14-20(6)12-8-10-18(3)4/h9-10,13-14H,7-8,11-12,15-16H2,1-6H3,(H2,22,23,24)(H2,25,26,27)/p-4/b19-13-,20-14+. The molecule has 168 valence electrons. The maximum atomic E-state index is 12.0. The number of allylic oxidation sites excluding steroid dienone is 8. The SMILES string of the molecule is CC(C)=CCC/C(C)=C\CC(C/C=C(\C)CCC=C(C)C)(P(=O)([O-])[O-])P(=O)([O-])[O-]. The fourth-order valence-corrected chi connectivity index (χ4v) is 5.20. The second kappa shape index (κ2) is 12.2. The summed E-state index contributed by atoms with van der Waals surface area (Å²) < 4.78 is 23.9. The molecule has 0 heterocycles. The number of hydrogen-bond acceptors (Lipinski definition) is 6. The van der Waals surface area contributed by atoms with E-state index in [-0.39, 0.29) is 0 Å². The van der Waals surface area contributed by atoms with Gasteiger partial charge in [-0.15, -0.1) is 0 Å². The molecule has 0 N–H and O–H groups in total. The minimum absolute atomic E-state index is 0.586. The van der Waals surface area contributed by atoms with Crippen molar-refractivity contribution in [3.8, 4) is 0 Å². The van der Waals surface area contributed by atoms with Gasteiger partial charge >= 0.3 is 0 Å². The highest BCUT2D eigenvalue weighted by Crippen LogP contribution is 2.65. The van der Waals surface area contributed by atoms with Gasteiger partial charge in [0.05, 0.1) is 0 Å². The van der Waals surface area contributed by atoms with E-state index >= 15 is 0 Å². The molecule has 0 fully saturated rings. The molecule has 0 radical (unpaired) electrons. The molecule has 0 amide bonds. The molecule has 0 aliphatic carbocycles. The molecule has 0 aromatic heterocycles. The second-order valence-corrected chi connectivity index (χ2v) is 12.2. The molecular formula is C21H34O6P2-4. The summed E-state index contributed by atoms with van der Waals surface area (Å²) in [5.41, 5.74) is 3.73. The van der Waals surface area contributed by atoms with Crippen molar-refractivity contribution in [1.29, 1.82) is 0 Å². The minimum atomic E-state index is -5.73. The summed E-state index contributed by atoms with van der Waals surface area (Å²) in [6.45, 7) is 11.3. The lowest BCUT2D eigenvalue weighted by atomic mass is 10.1. The Morgan fingerprint density at radius 3 is 1.21 bits per heavy atom. The summed E-state index contributed by atoms with van der Waals surface area (Å²) >= 11 is 0. The summed E-state index contributed by atoms with van der Waals surface area (Å²) in [7, 11) is -11.5. The van der Waals surface area contributed by atoms with Crippen LogP contribution >= 0.6 is 15.2 Å². The van der Waals surface area contributed by atoms with Gasteiger partial charge in [0.25, 0.3) is 0 Å². The molecule has 0 spiro atoms. The highest BCUT2D eigenvalue weighted by molar-refractivity contribution is 7.69. The number of hydrogen-bond donors (Lipinski definition) is 0. The Hall–Kier alpha value is -0.740. The van der Waals surface area contributed by atoms with E-state index in [1.807, 2.05) is 39.8 Å². The smallest absolute Gasteiger partial charge is 0.0325 e. The van der Waals surface area contributed by atoms with Crippen LogP contribution in [0.1, 0.15) is 80.1 Å². The third kappa shape index (κ3) is 10.2. The van der Waals surface area contributed by atoms with Crippen molar-refractivity contribution in [1.82, 2.24) is 0 Å². The van der Waals surface area contributed by atoms with Gasteiger partial charge in [0.2, 0.25) is 0 Å². The zero-order chi connectivity index (χ0) is 22.9. The first kappa shape index (κ1) is 28.3. The van der Waals surface area contributed by atoms with Crippen molar-refractivity contribution in [2.24, 2.45) is 0 Å². The van der Waals surface area contributed by atoms with E-state index in [1.165, 1.54) is 12.2 Å². The van der Waals surface area contributed by atoms with E-state index in [0.717, 1.165) is 22.3 Å². The molecule has 0 aliphatic heterocycles. The van der Waals surface area contributed by atoms with Crippen molar-refractivity contribution in [3.05, 3.63) is 46.6 Å². The lowest BCUT2D eigenvalue weighted by Gasteiger charge is -2.59. The van der Waals surface area contributed by atoms with Crippen LogP contribution in [-0.2, 0) is 9.13 Å². The van der Waals surface area contributed by atoms with Crippen LogP contribution in [0.5, 0.6) is 0 Å². The molecule has 0 atom stereocenters. The monoisotopic (exact) mass is 444 g/mol. The molecule has 29 heavy (non-hydrogen) atoms. The van der Waals surface area contributed by atoms with Crippen LogP contribution in [0.25, 0.3) is 0 Å². The lowest BCUT2D eigenvalue weighted by molar-refractivity contribution is -0.336. The van der Waals surface area contributed by atoms with E-state index in [4.69, 9.17) is 0 Å². The van der Waals surface area contributed by atoms with Gasteiger partial charge in [0.15, 0.2) is 0 Å². The molecule has 0 rings (SSSR count). The Morgan fingerprint density at radius 1 is 0.655 bits per heavy atom. The van der Waals surface area contributed by atoms with Crippen LogP contribution in [0.4, 0.5) is 0 Å². The lowest BCUT2D eigenvalue weighted by Crippen LogP contribution is -2.45. The Balaban J connectivity index is 5.69. The Labute approximate surface area is 175 Å². The minimum Gasteiger partial charge on any atom is -0.810 e. The molecule has 6 nitrogen and oxygen atoms in total. The van der Waals surface area contributed by atoms with Gasteiger partial charge in [-0.2, -0.15) is 0 Å². The fraction of sp³-hybridized carbons (Fsp3) is 0.619. The fourth-order valence-electron chi connectivity index (χ4n) is 2.74. The van der Waals surface area contributed by atoms with Gasteiger partial charge in [-0.05, 0) is 80.1 Å². The van der Waals surface area contributed by atoms with Crippen molar-refractivity contribution < 1.29 is 28.7 Å². The Kier molecular flexibility index (Phi) is 11.9. The molecule has 0 aromatic carbocycles. The molecule has 0 unspecified atom stereocenters. The highest BCUT2D eigenvalue weighted by atomic mass is 31.2. The average molecular weight is 444 g/mol. The third-order valence-corrected chi connectivity index (χ3v) is 9.00. The summed E-state index contributed by atoms with van der Waals surface area (Å²) in [4.78, 5) is 44.9. The third-order valence-electron chi connectivity index (χ3n) is 4.76. The van der Waals surface area contributed by atoms with Gasteiger partial charge < -0.3 is 28.7 Å². The Morgan fingerprint density at radius 2 is 0.966 bits per heavy atom. The second-order valence-electron chi connectivity index (χ2n) is 8.13. The van der Waals surface area contributed by atoms with E-state index in [0.29, 0.717) is 25.7 Å². The van der Waals surface area contributed by atoms with Gasteiger partial charge in [0, 0.05) is 4.90 Å². The van der Waals surface area contributed by atoms with E-state index in [2.05, 4.69) is 0 Å². The van der Waals surface area contributed by atoms with Crippen LogP contribution in [0.3, 0.4) is 0 Å². The summed E-state index contributed by atoms with van der Waals surface area (Å²) in [6.07, 6.45) is 8.14. The van der Waals surface area contributed by atoms with Crippen LogP contribution in [0, 0.1) is 0 Å². The zero-order valence-electron chi connectivity index (χ0n) is 18.4. The first-order valence-electron chi connectivity index (χ1n) is 9.74. The van der Waals surface area contributed by atoms with Crippen LogP contribution in [0.15, 0.2) is 46.6 Å². The van der Waals surface area contributed by atoms with Crippen LogP contribution in [0.2, 0.25) is 0 Å². The molecule has 8 heteroatoms. The van der Waals surface area contributed by atoms with E-state index < -0.39 is 32.9 Å². The molecule has 0 aliphatic rings. The van der Waals surface area contributed by atoms with Crippen LogP contribution < -0.4 is 19.6 Å². The predicted molar refractivity (Wildman–Crippen MR) is 112 cm³/mol. The van der Waals surface area contributed by atoms with Crippen LogP contribution in [-0.4, -0.2) is 4.90 Å². The first-order chi connectivity index (χ1) is 13.1. The van der Waals surface area contributed by atoms with Crippen molar-refractivity contribution in [2.75, 3.05) is 0 Å². The molecule has 0 bridgehead atoms. The summed E-state index contributed by atoms with van der Waals surface area (Å²) in [6, 6.07) is 0. The zero-order valence-corrected chi connectivity index (χ0v) is 20.2. The summed E-state index contributed by atoms with van der Waals surface area (Å²) in [5.74, 6) is 0. The van der Waals surface area contributed by atoms with E-state index in [1.54, 1.807) is 13.8 Å². The highest BCUT2D eigenvalue weighted by Gasteiger charge is 2.36. The number of rotatable bonds is 12. The van der Waals surface area contributed by atoms with Gasteiger partial charge in [0.1, 0.15) is 0 Å². The van der Waals surface area contributed by atoms with Gasteiger partial charge in [-0.25, -0.2) is 0 Å². The molecular weight excluding hydrogens is 410 g/mol. The molecule has 0 saturated carbocycles. The normalized spacial score (nSPS) is 14.0. The summed E-state index contributed by atoms with van der Waals surface area (Å²) in [5, 5.41) is 0. The van der Waals surface area contributed by atoms with Gasteiger partial charge in [-0.1, -0.05) is 61.8 Å².